The number of hydrogen-bond donors (Lipinski definition) is 9. The van der Waals surface area contributed by atoms with Crippen molar-refractivity contribution in [1.29, 1.82) is 0 Å². The van der Waals surface area contributed by atoms with Gasteiger partial charge < -0.3 is 45.9 Å². The molecule has 0 saturated heterocycles. The van der Waals surface area contributed by atoms with E-state index in [4.69, 9.17) is 0 Å². The first-order valence-corrected chi connectivity index (χ1v) is 18.6. The van der Waals surface area contributed by atoms with Crippen molar-refractivity contribution >= 4 is 42.9 Å². The van der Waals surface area contributed by atoms with Gasteiger partial charge in [-0.3, -0.25) is 14.4 Å². The first-order chi connectivity index (χ1) is 25.3. The Balaban J connectivity index is 1.16. The molecule has 17 heteroatoms. The summed E-state index contributed by atoms with van der Waals surface area (Å²) in [6.45, 7) is 0.0323. The second kappa shape index (κ2) is 18.3. The van der Waals surface area contributed by atoms with Crippen LogP contribution in [-0.4, -0.2) is 104 Å². The molecule has 0 aromatic heterocycles. The number of nitrogens with zero attached hydrogens (tertiary/aromatic N) is 1. The second-order valence-electron chi connectivity index (χ2n) is 14.9. The fourth-order valence-electron chi connectivity index (χ4n) is 8.42. The zero-order chi connectivity index (χ0) is 38.3. The number of benzene rings is 2. The average Bonchev–Trinajstić information content (AvgIpc) is 3.12. The fraction of sp³-hybridized carbons (Fsp3) is 0.583. The lowest BCUT2D eigenvalue weighted by Gasteiger charge is -2.57. The highest BCUT2D eigenvalue weighted by Crippen LogP contribution is 2.51. The monoisotopic (exact) mass is 742 g/mol. The van der Waals surface area contributed by atoms with E-state index in [1.807, 2.05) is 0 Å². The molecule has 0 bridgehead atoms. The molecule has 0 radical (unpaired) electrons. The molecule has 5 rings (SSSR count). The maximum Gasteiger partial charge on any atom is 0.491 e. The van der Waals surface area contributed by atoms with E-state index < -0.39 is 78.2 Å². The second-order valence-corrected chi connectivity index (χ2v) is 14.9. The van der Waals surface area contributed by atoms with Crippen LogP contribution < -0.4 is 27.0 Å². The van der Waals surface area contributed by atoms with E-state index in [1.54, 1.807) is 0 Å². The van der Waals surface area contributed by atoms with Gasteiger partial charge in [0.2, 0.25) is 5.91 Å². The van der Waals surface area contributed by atoms with Gasteiger partial charge in [-0.2, -0.15) is 5.48 Å². The van der Waals surface area contributed by atoms with Gasteiger partial charge in [-0.1, -0.05) is 19.3 Å². The van der Waals surface area contributed by atoms with Crippen LogP contribution >= 0.6 is 0 Å². The van der Waals surface area contributed by atoms with Gasteiger partial charge in [-0.15, -0.1) is 0 Å². The highest BCUT2D eigenvalue weighted by atomic mass is 19.1. The van der Waals surface area contributed by atoms with Gasteiger partial charge in [0.05, 0.1) is 11.6 Å². The summed E-state index contributed by atoms with van der Waals surface area (Å²) in [5.74, 6) is -2.96. The lowest BCUT2D eigenvalue weighted by atomic mass is 9.55. The van der Waals surface area contributed by atoms with Crippen molar-refractivity contribution < 1.29 is 53.6 Å². The Labute approximate surface area is 308 Å². The number of fused-ring (bicyclic) bond motifs is 1. The molecule has 6 unspecified atom stereocenters. The Bertz CT molecular complexity index is 1600. The van der Waals surface area contributed by atoms with E-state index in [-0.39, 0.29) is 30.0 Å². The zero-order valence-electron chi connectivity index (χ0n) is 29.7. The minimum absolute atomic E-state index is 0.0103. The summed E-state index contributed by atoms with van der Waals surface area (Å²) >= 11 is 0. The molecular weight excluding hydrogens is 692 g/mol. The van der Waals surface area contributed by atoms with Gasteiger partial charge >= 0.3 is 14.2 Å². The van der Waals surface area contributed by atoms with Crippen molar-refractivity contribution in [3.63, 3.8) is 0 Å². The number of amides is 3. The van der Waals surface area contributed by atoms with Crippen LogP contribution in [0.2, 0.25) is 0 Å². The molecule has 0 aliphatic heterocycles. The van der Waals surface area contributed by atoms with E-state index in [0.29, 0.717) is 38.1 Å². The van der Waals surface area contributed by atoms with Crippen molar-refractivity contribution in [2.75, 3.05) is 13.1 Å². The van der Waals surface area contributed by atoms with Crippen molar-refractivity contribution in [2.45, 2.75) is 107 Å². The first-order valence-electron chi connectivity index (χ1n) is 18.6. The summed E-state index contributed by atoms with van der Waals surface area (Å²) in [6, 6.07) is 5.43. The van der Waals surface area contributed by atoms with E-state index in [2.05, 4.69) is 16.1 Å². The molecule has 3 amide bonds. The van der Waals surface area contributed by atoms with Crippen molar-refractivity contribution in [3.05, 3.63) is 59.2 Å². The van der Waals surface area contributed by atoms with E-state index in [1.165, 1.54) is 17.0 Å². The fourth-order valence-corrected chi connectivity index (χ4v) is 8.42. The molecule has 0 heterocycles. The third kappa shape index (κ3) is 9.63. The van der Waals surface area contributed by atoms with Crippen LogP contribution in [0.15, 0.2) is 36.4 Å². The maximum absolute atomic E-state index is 14.3. The topological polar surface area (TPSA) is 212 Å². The number of rotatable bonds is 16. The minimum atomic E-state index is -2.16. The van der Waals surface area contributed by atoms with Crippen molar-refractivity contribution in [3.8, 4) is 0 Å². The first kappa shape index (κ1) is 40.7. The lowest BCUT2D eigenvalue weighted by Crippen LogP contribution is -2.68. The Morgan fingerprint density at radius 3 is 2.15 bits per heavy atom. The molecule has 9 N–H and O–H groups in total. The number of unbranched alkanes of at least 4 members (excludes halogenated alkanes) is 3. The minimum Gasteiger partial charge on any atom is -0.423 e. The van der Waals surface area contributed by atoms with Crippen LogP contribution in [-0.2, 0) is 4.79 Å². The molecule has 3 aliphatic carbocycles. The average molecular weight is 742 g/mol. The summed E-state index contributed by atoms with van der Waals surface area (Å²) in [7, 11) is -4.27. The molecule has 288 valence electrons. The van der Waals surface area contributed by atoms with Crippen LogP contribution in [0.25, 0.3) is 0 Å². The largest absolute Gasteiger partial charge is 0.491 e. The molecule has 0 spiro atoms. The standard InChI is InChI=1S/C36H50B2F2N4O9/c39-30-13-10-23(18-28(30)37(49)50)34(47)42-26-7-5-8-27(20-26)44(35(48)24-11-14-31(40)29(19-24)38(51)52)21-32(45)41-17-4-2-1-3-6-22-9-12-25-15-16-36(25,43-53)33(22)46/h10-11,13-14,18-19,22,25-27,33,43,46,49-53H,1-9,12,15-17,20-21H2,(H,41,45)(H,42,47). The summed E-state index contributed by atoms with van der Waals surface area (Å²) < 4.78 is 28.2. The summed E-state index contributed by atoms with van der Waals surface area (Å²) in [5.41, 5.74) is 0.875. The van der Waals surface area contributed by atoms with Crippen molar-refractivity contribution in [1.82, 2.24) is 21.0 Å². The van der Waals surface area contributed by atoms with Crippen LogP contribution in [0.1, 0.15) is 104 Å². The number of halogens is 2. The molecule has 2 aromatic carbocycles. The summed E-state index contributed by atoms with van der Waals surface area (Å²) in [4.78, 5) is 41.5. The summed E-state index contributed by atoms with van der Waals surface area (Å²) in [6.07, 6.45) is 9.26. The third-order valence-corrected chi connectivity index (χ3v) is 11.6. The van der Waals surface area contributed by atoms with Gasteiger partial charge in [0.15, 0.2) is 0 Å². The van der Waals surface area contributed by atoms with Crippen molar-refractivity contribution in [2.24, 2.45) is 11.8 Å². The van der Waals surface area contributed by atoms with E-state index in [9.17, 15) is 53.6 Å². The van der Waals surface area contributed by atoms with Crippen LogP contribution in [0.3, 0.4) is 0 Å². The summed E-state index contributed by atoms with van der Waals surface area (Å²) in [5, 5.41) is 64.5. The molecule has 53 heavy (non-hydrogen) atoms. The molecule has 2 aromatic rings. The number of hydrogen-bond acceptors (Lipinski definition) is 10. The molecule has 6 atom stereocenters. The Kier molecular flexibility index (Phi) is 14.0. The lowest BCUT2D eigenvalue weighted by molar-refractivity contribution is -0.156. The molecule has 3 fully saturated rings. The Morgan fingerprint density at radius 2 is 1.51 bits per heavy atom. The van der Waals surface area contributed by atoms with Gasteiger partial charge in [0.1, 0.15) is 18.2 Å². The molecule has 13 nitrogen and oxygen atoms in total. The van der Waals surface area contributed by atoms with Crippen LogP contribution in [0.4, 0.5) is 8.78 Å². The van der Waals surface area contributed by atoms with E-state index >= 15 is 0 Å². The van der Waals surface area contributed by atoms with Crippen LogP contribution in [0, 0.1) is 23.5 Å². The third-order valence-electron chi connectivity index (χ3n) is 11.6. The zero-order valence-corrected chi connectivity index (χ0v) is 29.7. The molecular formula is C36H50B2F2N4O9. The number of carbonyl (C=O) groups excluding carboxylic acids is 3. The smallest absolute Gasteiger partial charge is 0.423 e. The predicted molar refractivity (Wildman–Crippen MR) is 192 cm³/mol. The predicted octanol–water partition coefficient (Wildman–Crippen LogP) is 0.473. The maximum atomic E-state index is 14.3. The molecule has 3 saturated carbocycles. The van der Waals surface area contributed by atoms with Gasteiger partial charge in [0.25, 0.3) is 11.8 Å². The number of nitrogens with one attached hydrogen (secondary N) is 3. The Hall–Kier alpha value is -3.44. The number of carbonyl (C=O) groups is 3. The molecule has 3 aliphatic rings. The van der Waals surface area contributed by atoms with Gasteiger partial charge in [0, 0.05) is 40.7 Å². The highest BCUT2D eigenvalue weighted by molar-refractivity contribution is 6.59. The normalized spacial score (nSPS) is 25.1. The quantitative estimate of drug-likeness (QED) is 0.0660. The number of aliphatic hydroxyl groups is 1. The number of aliphatic hydroxyl groups excluding tert-OH is 1. The number of hydroxylamine groups is 1. The van der Waals surface area contributed by atoms with E-state index in [0.717, 1.165) is 75.6 Å². The van der Waals surface area contributed by atoms with Crippen LogP contribution in [0.5, 0.6) is 0 Å². The van der Waals surface area contributed by atoms with Gasteiger partial charge in [-0.25, -0.2) is 8.78 Å². The highest BCUT2D eigenvalue weighted by Gasteiger charge is 2.56. The Morgan fingerprint density at radius 1 is 0.849 bits per heavy atom. The van der Waals surface area contributed by atoms with Gasteiger partial charge in [-0.05, 0) is 112 Å². The SMILES string of the molecule is O=C(CN(C(=O)c1ccc(F)c(B(O)O)c1)C1CCCC(NC(=O)c2ccc(F)c(B(O)O)c2)C1)NCCCCCCC1CCC2CCC2(NO)C1O.